The van der Waals surface area contributed by atoms with Crippen molar-refractivity contribution >= 4 is 6.03 Å². The molecule has 0 saturated heterocycles. The Kier molecular flexibility index (Phi) is 7.52. The summed E-state index contributed by atoms with van der Waals surface area (Å²) in [6.07, 6.45) is 0.493. The number of hydrogen-bond acceptors (Lipinski definition) is 3. The molecule has 0 radical (unpaired) electrons. The minimum absolute atomic E-state index is 0.0236. The molecule has 5 nitrogen and oxygen atoms in total. The third kappa shape index (κ3) is 6.59. The molecule has 0 heterocycles. The summed E-state index contributed by atoms with van der Waals surface area (Å²) in [6, 6.07) is 9.35. The highest BCUT2D eigenvalue weighted by molar-refractivity contribution is 5.74. The highest BCUT2D eigenvalue weighted by Crippen LogP contribution is 2.21. The molecule has 1 aromatic rings. The average molecular weight is 321 g/mol. The summed E-state index contributed by atoms with van der Waals surface area (Å²) in [5.74, 6) is 0. The van der Waals surface area contributed by atoms with Crippen LogP contribution in [0, 0.1) is 5.41 Å². The summed E-state index contributed by atoms with van der Waals surface area (Å²) in [6.45, 7) is 7.21. The van der Waals surface area contributed by atoms with Crippen LogP contribution < -0.4 is 10.6 Å². The van der Waals surface area contributed by atoms with Gasteiger partial charge >= 0.3 is 6.03 Å². The van der Waals surface area contributed by atoms with Crippen LogP contribution in [0.4, 0.5) is 4.79 Å². The van der Waals surface area contributed by atoms with Gasteiger partial charge in [0.05, 0.1) is 6.04 Å². The van der Waals surface area contributed by atoms with Gasteiger partial charge in [-0.25, -0.2) is 4.79 Å². The second-order valence-electron chi connectivity index (χ2n) is 7.04. The van der Waals surface area contributed by atoms with Gasteiger partial charge < -0.3 is 20.6 Å². The number of nitrogens with zero attached hydrogens (tertiary/aromatic N) is 1. The van der Waals surface area contributed by atoms with E-state index in [1.165, 1.54) is 0 Å². The van der Waals surface area contributed by atoms with Crippen molar-refractivity contribution in [1.29, 1.82) is 0 Å². The van der Waals surface area contributed by atoms with Crippen LogP contribution in [0.15, 0.2) is 30.3 Å². The van der Waals surface area contributed by atoms with Crippen LogP contribution in [-0.2, 0) is 0 Å². The molecule has 0 saturated carbocycles. The predicted molar refractivity (Wildman–Crippen MR) is 94.4 cm³/mol. The van der Waals surface area contributed by atoms with E-state index in [-0.39, 0.29) is 30.1 Å². The average Bonchev–Trinajstić information content (AvgIpc) is 2.46. The monoisotopic (exact) mass is 321 g/mol. The number of urea groups is 1. The third-order valence-corrected chi connectivity index (χ3v) is 4.17. The first-order valence-electron chi connectivity index (χ1n) is 8.14. The highest BCUT2D eigenvalue weighted by Gasteiger charge is 2.28. The first-order chi connectivity index (χ1) is 10.8. The predicted octanol–water partition coefficient (Wildman–Crippen LogP) is 2.39. The minimum atomic E-state index is -0.202. The van der Waals surface area contributed by atoms with Crippen LogP contribution >= 0.6 is 0 Å². The first-order valence-corrected chi connectivity index (χ1v) is 8.14. The van der Waals surface area contributed by atoms with Gasteiger partial charge in [0.25, 0.3) is 0 Å². The summed E-state index contributed by atoms with van der Waals surface area (Å²) < 4.78 is 0. The van der Waals surface area contributed by atoms with E-state index in [0.29, 0.717) is 6.42 Å². The number of aliphatic hydroxyl groups is 1. The number of rotatable bonds is 8. The Bertz CT molecular complexity index is 474. The lowest BCUT2D eigenvalue weighted by Gasteiger charge is -2.35. The molecule has 2 amide bonds. The molecule has 0 aliphatic carbocycles. The maximum absolute atomic E-state index is 12.3. The normalized spacial score (nSPS) is 14.4. The van der Waals surface area contributed by atoms with Crippen LogP contribution in [0.3, 0.4) is 0 Å². The molecule has 1 unspecified atom stereocenters. The minimum Gasteiger partial charge on any atom is -0.396 e. The van der Waals surface area contributed by atoms with E-state index < -0.39 is 0 Å². The molecule has 1 aromatic carbocycles. The summed E-state index contributed by atoms with van der Waals surface area (Å²) >= 11 is 0. The van der Waals surface area contributed by atoms with Crippen molar-refractivity contribution in [3.63, 3.8) is 0 Å². The maximum Gasteiger partial charge on any atom is 0.315 e. The van der Waals surface area contributed by atoms with Crippen molar-refractivity contribution in [3.8, 4) is 0 Å². The van der Waals surface area contributed by atoms with Gasteiger partial charge in [0.2, 0.25) is 0 Å². The molecule has 5 heteroatoms. The molecule has 0 fully saturated rings. The number of carbonyl (C=O) groups is 1. The summed E-state index contributed by atoms with van der Waals surface area (Å²) in [7, 11) is 4.06. The lowest BCUT2D eigenvalue weighted by Crippen LogP contribution is -2.51. The van der Waals surface area contributed by atoms with Crippen molar-refractivity contribution < 1.29 is 9.90 Å². The highest BCUT2D eigenvalue weighted by atomic mass is 16.3. The van der Waals surface area contributed by atoms with Gasteiger partial charge in [-0.2, -0.15) is 0 Å². The molecule has 0 aliphatic rings. The molecule has 130 valence electrons. The molecule has 0 aliphatic heterocycles. The van der Waals surface area contributed by atoms with Crippen LogP contribution in [-0.4, -0.2) is 49.3 Å². The topological polar surface area (TPSA) is 64.6 Å². The Morgan fingerprint density at radius 1 is 1.22 bits per heavy atom. The Labute approximate surface area is 140 Å². The first kappa shape index (κ1) is 19.5. The fraction of sp³-hybridized carbons (Fsp3) is 0.611. The van der Waals surface area contributed by atoms with Gasteiger partial charge in [0.15, 0.2) is 0 Å². The van der Waals surface area contributed by atoms with Gasteiger partial charge in [-0.05, 0) is 38.4 Å². The standard InChI is InChI=1S/C18H31N3O2/c1-14(18(2,3)13-21(4)5)19-17(23)20-16(11-12-22)15-9-7-6-8-10-15/h6-10,14,16,22H,11-13H2,1-5H3,(H2,19,20,23)/t14?,16-/m1/s1. The van der Waals surface area contributed by atoms with Crippen molar-refractivity contribution in [2.45, 2.75) is 39.3 Å². The number of carbonyl (C=O) groups excluding carboxylic acids is 1. The SMILES string of the molecule is CC(NC(=O)N[C@H](CCO)c1ccccc1)C(C)(C)CN(C)C. The molecule has 23 heavy (non-hydrogen) atoms. The van der Waals surface area contributed by atoms with Gasteiger partial charge in [0, 0.05) is 19.2 Å². The number of amides is 2. The van der Waals surface area contributed by atoms with Gasteiger partial charge in [-0.1, -0.05) is 44.2 Å². The summed E-state index contributed by atoms with van der Waals surface area (Å²) in [5, 5.41) is 15.2. The van der Waals surface area contributed by atoms with E-state index in [1.54, 1.807) is 0 Å². The molecule has 0 aromatic heterocycles. The Hall–Kier alpha value is -1.59. The molecule has 1 rings (SSSR count). The molecule has 3 N–H and O–H groups in total. The molecular formula is C18H31N3O2. The van der Waals surface area contributed by atoms with E-state index in [4.69, 9.17) is 0 Å². The largest absolute Gasteiger partial charge is 0.396 e. The molecule has 0 bridgehead atoms. The second kappa shape index (κ2) is 8.89. The van der Waals surface area contributed by atoms with Crippen molar-refractivity contribution in [2.75, 3.05) is 27.2 Å². The molecular weight excluding hydrogens is 290 g/mol. The Balaban J connectivity index is 2.66. The Morgan fingerprint density at radius 2 is 1.83 bits per heavy atom. The lowest BCUT2D eigenvalue weighted by molar-refractivity contribution is 0.177. The molecule has 2 atom stereocenters. The van der Waals surface area contributed by atoms with Gasteiger partial charge in [0.1, 0.15) is 0 Å². The zero-order valence-corrected chi connectivity index (χ0v) is 15.0. The fourth-order valence-electron chi connectivity index (χ4n) is 2.68. The second-order valence-corrected chi connectivity index (χ2v) is 7.04. The quantitative estimate of drug-likeness (QED) is 0.689. The van der Waals surface area contributed by atoms with Gasteiger partial charge in [-0.15, -0.1) is 0 Å². The van der Waals surface area contributed by atoms with Crippen molar-refractivity contribution in [2.24, 2.45) is 5.41 Å². The number of benzene rings is 1. The van der Waals surface area contributed by atoms with E-state index in [1.807, 2.05) is 51.4 Å². The van der Waals surface area contributed by atoms with Crippen LogP contribution in [0.5, 0.6) is 0 Å². The van der Waals surface area contributed by atoms with E-state index in [9.17, 15) is 9.90 Å². The van der Waals surface area contributed by atoms with E-state index in [2.05, 4.69) is 29.4 Å². The fourth-order valence-corrected chi connectivity index (χ4v) is 2.68. The number of hydrogen-bond donors (Lipinski definition) is 3. The summed E-state index contributed by atoms with van der Waals surface area (Å²) in [4.78, 5) is 14.4. The maximum atomic E-state index is 12.3. The number of aliphatic hydroxyl groups excluding tert-OH is 1. The summed E-state index contributed by atoms with van der Waals surface area (Å²) in [5.41, 5.74) is 0.956. The zero-order valence-electron chi connectivity index (χ0n) is 15.0. The smallest absolute Gasteiger partial charge is 0.315 e. The number of nitrogens with one attached hydrogen (secondary N) is 2. The van der Waals surface area contributed by atoms with Crippen molar-refractivity contribution in [1.82, 2.24) is 15.5 Å². The zero-order chi connectivity index (χ0) is 17.5. The van der Waals surface area contributed by atoms with Crippen molar-refractivity contribution in [3.05, 3.63) is 35.9 Å². The third-order valence-electron chi connectivity index (χ3n) is 4.17. The lowest BCUT2D eigenvalue weighted by atomic mass is 9.85. The van der Waals surface area contributed by atoms with Crippen LogP contribution in [0.25, 0.3) is 0 Å². The van der Waals surface area contributed by atoms with Crippen LogP contribution in [0.1, 0.15) is 38.8 Å². The van der Waals surface area contributed by atoms with E-state index >= 15 is 0 Å². The molecule has 0 spiro atoms. The van der Waals surface area contributed by atoms with E-state index in [0.717, 1.165) is 12.1 Å². The van der Waals surface area contributed by atoms with Gasteiger partial charge in [-0.3, -0.25) is 0 Å². The Morgan fingerprint density at radius 3 is 2.35 bits per heavy atom. The van der Waals surface area contributed by atoms with Crippen LogP contribution in [0.2, 0.25) is 0 Å².